The maximum Gasteiger partial charge on any atom is 0.252 e. The normalized spacial score (nSPS) is 14.2. The number of nitrogens with one attached hydrogen (secondary N) is 2. The number of hydrogen-bond donors (Lipinski definition) is 2. The van der Waals surface area contributed by atoms with Gasteiger partial charge in [-0.3, -0.25) is 4.79 Å². The van der Waals surface area contributed by atoms with Crippen molar-refractivity contribution < 1.29 is 9.53 Å². The third-order valence-electron chi connectivity index (χ3n) is 5.98. The minimum absolute atomic E-state index is 0.0955. The lowest BCUT2D eigenvalue weighted by atomic mass is 10.0. The van der Waals surface area contributed by atoms with Crippen molar-refractivity contribution in [2.24, 2.45) is 5.92 Å². The fraction of sp³-hybridized carbons (Fsp3) is 0.480. The SMILES string of the molecule is CNCCN(C)Cc1cccc(-c2cc(C(=O)NCC3COC3)c3cnn(C(C)C)c3n2)c1. The Labute approximate surface area is 195 Å². The summed E-state index contributed by atoms with van der Waals surface area (Å²) in [5, 5.41) is 11.6. The molecule has 176 valence electrons. The highest BCUT2D eigenvalue weighted by atomic mass is 16.5. The molecular formula is C25H34N6O2. The number of amides is 1. The minimum atomic E-state index is -0.0955. The van der Waals surface area contributed by atoms with Gasteiger partial charge in [-0.05, 0) is 45.6 Å². The fourth-order valence-electron chi connectivity index (χ4n) is 3.99. The number of benzene rings is 1. The fourth-order valence-corrected chi connectivity index (χ4v) is 3.99. The molecule has 1 aliphatic heterocycles. The van der Waals surface area contributed by atoms with Gasteiger partial charge in [-0.25, -0.2) is 9.67 Å². The maximum absolute atomic E-state index is 13.1. The summed E-state index contributed by atoms with van der Waals surface area (Å²) in [6.07, 6.45) is 1.75. The molecule has 0 bridgehead atoms. The summed E-state index contributed by atoms with van der Waals surface area (Å²) in [7, 11) is 4.08. The zero-order chi connectivity index (χ0) is 23.4. The summed E-state index contributed by atoms with van der Waals surface area (Å²) < 4.78 is 7.11. The smallest absolute Gasteiger partial charge is 0.252 e. The second-order valence-corrected chi connectivity index (χ2v) is 9.13. The van der Waals surface area contributed by atoms with Gasteiger partial charge in [0, 0.05) is 43.7 Å². The van der Waals surface area contributed by atoms with Gasteiger partial charge in [0.25, 0.3) is 5.91 Å². The molecule has 0 aliphatic carbocycles. The van der Waals surface area contributed by atoms with Crippen LogP contribution in [0, 0.1) is 5.92 Å². The van der Waals surface area contributed by atoms with E-state index in [1.165, 1.54) is 5.56 Å². The van der Waals surface area contributed by atoms with Gasteiger partial charge in [-0.15, -0.1) is 0 Å². The Morgan fingerprint density at radius 2 is 2.12 bits per heavy atom. The quantitative estimate of drug-likeness (QED) is 0.494. The lowest BCUT2D eigenvalue weighted by Crippen LogP contribution is -2.39. The molecule has 4 rings (SSSR count). The highest BCUT2D eigenvalue weighted by molar-refractivity contribution is 6.06. The van der Waals surface area contributed by atoms with Crippen molar-refractivity contribution in [2.45, 2.75) is 26.4 Å². The molecule has 0 spiro atoms. The molecule has 1 amide bonds. The number of aromatic nitrogens is 3. The number of carbonyl (C=O) groups is 1. The Kier molecular flexibility index (Phi) is 7.37. The molecule has 1 aromatic carbocycles. The van der Waals surface area contributed by atoms with Crippen LogP contribution >= 0.6 is 0 Å². The number of nitrogens with zero attached hydrogens (tertiary/aromatic N) is 4. The Morgan fingerprint density at radius 1 is 1.30 bits per heavy atom. The Balaban J connectivity index is 1.67. The van der Waals surface area contributed by atoms with E-state index in [0.717, 1.165) is 41.9 Å². The molecule has 0 radical (unpaired) electrons. The second kappa shape index (κ2) is 10.4. The van der Waals surface area contributed by atoms with Gasteiger partial charge in [-0.1, -0.05) is 18.2 Å². The first-order valence-corrected chi connectivity index (χ1v) is 11.6. The van der Waals surface area contributed by atoms with E-state index in [1.807, 2.05) is 17.8 Å². The number of hydrogen-bond acceptors (Lipinski definition) is 6. The Hall–Kier alpha value is -2.81. The van der Waals surface area contributed by atoms with Crippen molar-refractivity contribution in [1.29, 1.82) is 0 Å². The summed E-state index contributed by atoms with van der Waals surface area (Å²) in [6.45, 7) is 8.92. The Morgan fingerprint density at radius 3 is 2.82 bits per heavy atom. The molecule has 8 nitrogen and oxygen atoms in total. The van der Waals surface area contributed by atoms with E-state index < -0.39 is 0 Å². The van der Waals surface area contributed by atoms with Gasteiger partial charge < -0.3 is 20.3 Å². The third-order valence-corrected chi connectivity index (χ3v) is 5.98. The summed E-state index contributed by atoms with van der Waals surface area (Å²) >= 11 is 0. The van der Waals surface area contributed by atoms with Crippen LogP contribution in [0.1, 0.15) is 35.8 Å². The van der Waals surface area contributed by atoms with Crippen LogP contribution in [-0.4, -0.2) is 72.5 Å². The largest absolute Gasteiger partial charge is 0.381 e. The number of fused-ring (bicyclic) bond motifs is 1. The minimum Gasteiger partial charge on any atom is -0.381 e. The maximum atomic E-state index is 13.1. The molecule has 33 heavy (non-hydrogen) atoms. The van der Waals surface area contributed by atoms with E-state index in [9.17, 15) is 4.79 Å². The molecule has 2 aromatic heterocycles. The van der Waals surface area contributed by atoms with Gasteiger partial charge in [0.15, 0.2) is 5.65 Å². The molecule has 3 aromatic rings. The first kappa shape index (κ1) is 23.4. The van der Waals surface area contributed by atoms with Crippen LogP contribution in [0.15, 0.2) is 36.5 Å². The van der Waals surface area contributed by atoms with Crippen LogP contribution in [0.25, 0.3) is 22.3 Å². The van der Waals surface area contributed by atoms with Gasteiger partial charge in [0.1, 0.15) is 0 Å². The third kappa shape index (κ3) is 5.40. The van der Waals surface area contributed by atoms with Crippen LogP contribution in [-0.2, 0) is 11.3 Å². The van der Waals surface area contributed by atoms with Crippen molar-refractivity contribution in [1.82, 2.24) is 30.3 Å². The molecule has 8 heteroatoms. The second-order valence-electron chi connectivity index (χ2n) is 9.13. The van der Waals surface area contributed by atoms with Crippen molar-refractivity contribution in [3.8, 4) is 11.3 Å². The van der Waals surface area contributed by atoms with E-state index in [-0.39, 0.29) is 11.9 Å². The lowest BCUT2D eigenvalue weighted by Gasteiger charge is -2.26. The molecule has 0 saturated carbocycles. The number of ether oxygens (including phenoxy) is 1. The van der Waals surface area contributed by atoms with Crippen molar-refractivity contribution in [2.75, 3.05) is 46.9 Å². The van der Waals surface area contributed by atoms with Crippen molar-refractivity contribution in [3.63, 3.8) is 0 Å². The monoisotopic (exact) mass is 450 g/mol. The van der Waals surface area contributed by atoms with E-state index in [2.05, 4.69) is 65.8 Å². The van der Waals surface area contributed by atoms with Crippen LogP contribution in [0.2, 0.25) is 0 Å². The zero-order valence-corrected chi connectivity index (χ0v) is 20.0. The van der Waals surface area contributed by atoms with E-state index in [0.29, 0.717) is 31.2 Å². The Bertz CT molecular complexity index is 1110. The highest BCUT2D eigenvalue weighted by Gasteiger charge is 2.22. The zero-order valence-electron chi connectivity index (χ0n) is 20.0. The molecule has 1 fully saturated rings. The summed E-state index contributed by atoms with van der Waals surface area (Å²) in [5.41, 5.74) is 4.33. The first-order chi connectivity index (χ1) is 16.0. The van der Waals surface area contributed by atoms with Gasteiger partial charge in [-0.2, -0.15) is 5.10 Å². The van der Waals surface area contributed by atoms with Crippen LogP contribution < -0.4 is 10.6 Å². The summed E-state index contributed by atoms with van der Waals surface area (Å²) in [6, 6.07) is 10.4. The standard InChI is InChI=1S/C25H34N6O2/c1-17(2)31-24-22(13-28-31)21(25(32)27-12-19-15-33-16-19)11-23(29-24)20-7-5-6-18(10-20)14-30(4)9-8-26-3/h5-7,10-11,13,17,19,26H,8-9,12,14-16H2,1-4H3,(H,27,32). The van der Waals surface area contributed by atoms with Gasteiger partial charge in [0.2, 0.25) is 0 Å². The highest BCUT2D eigenvalue weighted by Crippen LogP contribution is 2.27. The number of rotatable bonds is 10. The summed E-state index contributed by atoms with van der Waals surface area (Å²) in [4.78, 5) is 20.4. The molecule has 3 heterocycles. The molecule has 2 N–H and O–H groups in total. The van der Waals surface area contributed by atoms with Crippen LogP contribution in [0.5, 0.6) is 0 Å². The predicted octanol–water partition coefficient (Wildman–Crippen LogP) is 2.71. The summed E-state index contributed by atoms with van der Waals surface area (Å²) in [5.74, 6) is 0.294. The average Bonchev–Trinajstić information content (AvgIpc) is 3.20. The molecular weight excluding hydrogens is 416 g/mol. The van der Waals surface area contributed by atoms with Crippen molar-refractivity contribution in [3.05, 3.63) is 47.7 Å². The number of carbonyl (C=O) groups excluding carboxylic acids is 1. The molecule has 0 atom stereocenters. The van der Waals surface area contributed by atoms with E-state index >= 15 is 0 Å². The van der Waals surface area contributed by atoms with E-state index in [1.54, 1.807) is 6.20 Å². The average molecular weight is 451 g/mol. The topological polar surface area (TPSA) is 84.3 Å². The van der Waals surface area contributed by atoms with Gasteiger partial charge >= 0.3 is 0 Å². The van der Waals surface area contributed by atoms with Crippen molar-refractivity contribution >= 4 is 16.9 Å². The van der Waals surface area contributed by atoms with E-state index in [4.69, 9.17) is 9.72 Å². The first-order valence-electron chi connectivity index (χ1n) is 11.6. The van der Waals surface area contributed by atoms with Gasteiger partial charge in [0.05, 0.1) is 36.1 Å². The lowest BCUT2D eigenvalue weighted by molar-refractivity contribution is -0.0298. The molecule has 1 saturated heterocycles. The number of likely N-dealkylation sites (N-methyl/N-ethyl adjacent to an activating group) is 2. The molecule has 1 aliphatic rings. The number of pyridine rings is 1. The molecule has 0 unspecified atom stereocenters. The van der Waals surface area contributed by atoms with Crippen LogP contribution in [0.4, 0.5) is 0 Å². The predicted molar refractivity (Wildman–Crippen MR) is 130 cm³/mol. The van der Waals surface area contributed by atoms with Crippen LogP contribution in [0.3, 0.4) is 0 Å².